The molecule has 0 bridgehead atoms. The topological polar surface area (TPSA) is 53.1 Å². The van der Waals surface area contributed by atoms with E-state index in [4.69, 9.17) is 15.5 Å². The van der Waals surface area contributed by atoms with Gasteiger partial charge in [-0.15, -0.1) is 0 Å². The number of fused-ring (bicyclic) bond motifs is 2. The van der Waals surface area contributed by atoms with Crippen LogP contribution in [-0.2, 0) is 20.0 Å². The van der Waals surface area contributed by atoms with E-state index in [1.807, 2.05) is 37.4 Å². The van der Waals surface area contributed by atoms with Crippen LogP contribution in [-0.4, -0.2) is 9.55 Å². The smallest absolute Gasteiger partial charge is 0.160 e. The molecule has 0 aliphatic carbocycles. The number of ether oxygens (including phenoxy) is 1. The Morgan fingerprint density at radius 3 is 2.90 bits per heavy atom. The van der Waals surface area contributed by atoms with Gasteiger partial charge in [0.25, 0.3) is 0 Å². The third-order valence-corrected chi connectivity index (χ3v) is 4.18. The number of hydrogen-bond donors (Lipinski definition) is 1. The van der Waals surface area contributed by atoms with E-state index in [9.17, 15) is 0 Å². The Morgan fingerprint density at radius 1 is 1.24 bits per heavy atom. The molecule has 0 spiro atoms. The summed E-state index contributed by atoms with van der Waals surface area (Å²) < 4.78 is 8.18. The highest BCUT2D eigenvalue weighted by atomic mass is 16.5. The number of para-hydroxylation sites is 2. The number of nitrogens with two attached hydrogens (primary N) is 1. The van der Waals surface area contributed by atoms with Crippen molar-refractivity contribution in [2.24, 2.45) is 12.8 Å². The van der Waals surface area contributed by atoms with E-state index in [-0.39, 0.29) is 6.10 Å². The second-order valence-corrected chi connectivity index (χ2v) is 5.44. The fraction of sp³-hybridized carbons (Fsp3) is 0.235. The normalized spacial score (nSPS) is 17.0. The average molecular weight is 279 g/mol. The minimum atomic E-state index is -0.0228. The summed E-state index contributed by atoms with van der Waals surface area (Å²) in [6.45, 7) is 0.500. The average Bonchev–Trinajstić information content (AvgIpc) is 3.08. The molecule has 2 N–H and O–H groups in total. The van der Waals surface area contributed by atoms with Gasteiger partial charge in [-0.25, -0.2) is 4.98 Å². The third kappa shape index (κ3) is 1.83. The molecule has 4 rings (SSSR count). The van der Waals surface area contributed by atoms with Crippen LogP contribution in [0.25, 0.3) is 11.0 Å². The van der Waals surface area contributed by atoms with Crippen LogP contribution in [0.3, 0.4) is 0 Å². The molecule has 0 saturated heterocycles. The van der Waals surface area contributed by atoms with Gasteiger partial charge in [-0.05, 0) is 23.3 Å². The SMILES string of the molecule is Cn1c(C2Cc3ccccc3O2)nc2c(CN)cccc21. The molecule has 3 aromatic rings. The Labute approximate surface area is 123 Å². The molecule has 106 valence electrons. The van der Waals surface area contributed by atoms with Crippen LogP contribution in [0.5, 0.6) is 5.75 Å². The van der Waals surface area contributed by atoms with Crippen LogP contribution in [0.4, 0.5) is 0 Å². The van der Waals surface area contributed by atoms with Gasteiger partial charge in [0.05, 0.1) is 11.0 Å². The minimum Gasteiger partial charge on any atom is -0.482 e. The summed E-state index contributed by atoms with van der Waals surface area (Å²) >= 11 is 0. The Morgan fingerprint density at radius 2 is 2.10 bits per heavy atom. The summed E-state index contributed by atoms with van der Waals surface area (Å²) in [6, 6.07) is 14.3. The Bertz CT molecular complexity index is 797. The van der Waals surface area contributed by atoms with Gasteiger partial charge in [0, 0.05) is 20.0 Å². The predicted molar refractivity (Wildman–Crippen MR) is 82.1 cm³/mol. The van der Waals surface area contributed by atoms with Crippen molar-refractivity contribution >= 4 is 11.0 Å². The monoisotopic (exact) mass is 279 g/mol. The van der Waals surface area contributed by atoms with E-state index in [2.05, 4.69) is 16.7 Å². The first-order valence-corrected chi connectivity index (χ1v) is 7.17. The lowest BCUT2D eigenvalue weighted by Crippen LogP contribution is -2.09. The Hall–Kier alpha value is -2.33. The minimum absolute atomic E-state index is 0.0228. The van der Waals surface area contributed by atoms with Crippen LogP contribution >= 0.6 is 0 Å². The van der Waals surface area contributed by atoms with Crippen molar-refractivity contribution in [1.29, 1.82) is 0 Å². The quantitative estimate of drug-likeness (QED) is 0.784. The van der Waals surface area contributed by atoms with E-state index >= 15 is 0 Å². The number of hydrogen-bond acceptors (Lipinski definition) is 3. The number of imidazole rings is 1. The summed E-state index contributed by atoms with van der Waals surface area (Å²) in [5.41, 5.74) is 10.2. The molecule has 1 atom stereocenters. The van der Waals surface area contributed by atoms with Gasteiger partial charge in [-0.1, -0.05) is 30.3 Å². The molecule has 0 saturated carbocycles. The summed E-state index contributed by atoms with van der Waals surface area (Å²) in [5, 5.41) is 0. The second-order valence-electron chi connectivity index (χ2n) is 5.44. The zero-order valence-electron chi connectivity index (χ0n) is 11.9. The van der Waals surface area contributed by atoms with Gasteiger partial charge >= 0.3 is 0 Å². The van der Waals surface area contributed by atoms with E-state index in [0.29, 0.717) is 6.54 Å². The molecule has 2 heterocycles. The summed E-state index contributed by atoms with van der Waals surface area (Å²) in [7, 11) is 2.04. The Kier molecular flexibility index (Phi) is 2.72. The summed E-state index contributed by atoms with van der Waals surface area (Å²) in [5.74, 6) is 1.93. The van der Waals surface area contributed by atoms with Gasteiger partial charge < -0.3 is 15.0 Å². The molecule has 0 amide bonds. The van der Waals surface area contributed by atoms with E-state index in [1.165, 1.54) is 5.56 Å². The number of benzene rings is 2. The van der Waals surface area contributed by atoms with Gasteiger partial charge in [-0.3, -0.25) is 0 Å². The number of aryl methyl sites for hydroxylation is 1. The van der Waals surface area contributed by atoms with Crippen molar-refractivity contribution < 1.29 is 4.74 Å². The van der Waals surface area contributed by atoms with Gasteiger partial charge in [0.15, 0.2) is 11.9 Å². The first-order chi connectivity index (χ1) is 10.3. The zero-order valence-corrected chi connectivity index (χ0v) is 11.9. The molecule has 1 aromatic heterocycles. The van der Waals surface area contributed by atoms with Crippen LogP contribution in [0.2, 0.25) is 0 Å². The molecular weight excluding hydrogens is 262 g/mol. The number of rotatable bonds is 2. The molecule has 0 fully saturated rings. The van der Waals surface area contributed by atoms with Crippen molar-refractivity contribution in [3.05, 3.63) is 59.4 Å². The highest BCUT2D eigenvalue weighted by molar-refractivity contribution is 5.79. The van der Waals surface area contributed by atoms with Crippen molar-refractivity contribution in [2.45, 2.75) is 19.1 Å². The third-order valence-electron chi connectivity index (χ3n) is 4.18. The molecule has 4 nitrogen and oxygen atoms in total. The highest BCUT2D eigenvalue weighted by Gasteiger charge is 2.28. The maximum atomic E-state index is 6.06. The fourth-order valence-electron chi connectivity index (χ4n) is 3.07. The first kappa shape index (κ1) is 12.4. The maximum Gasteiger partial charge on any atom is 0.160 e. The van der Waals surface area contributed by atoms with Crippen molar-refractivity contribution in [1.82, 2.24) is 9.55 Å². The van der Waals surface area contributed by atoms with E-state index in [1.54, 1.807) is 0 Å². The molecule has 21 heavy (non-hydrogen) atoms. The Balaban J connectivity index is 1.80. The van der Waals surface area contributed by atoms with Crippen LogP contribution in [0.1, 0.15) is 23.1 Å². The van der Waals surface area contributed by atoms with Crippen LogP contribution in [0, 0.1) is 0 Å². The van der Waals surface area contributed by atoms with E-state index in [0.717, 1.165) is 34.6 Å². The van der Waals surface area contributed by atoms with Crippen molar-refractivity contribution in [3.63, 3.8) is 0 Å². The van der Waals surface area contributed by atoms with Crippen LogP contribution in [0.15, 0.2) is 42.5 Å². The molecule has 1 aliphatic heterocycles. The van der Waals surface area contributed by atoms with Gasteiger partial charge in [0.1, 0.15) is 5.75 Å². The van der Waals surface area contributed by atoms with Crippen molar-refractivity contribution in [3.8, 4) is 5.75 Å². The first-order valence-electron chi connectivity index (χ1n) is 7.17. The number of aromatic nitrogens is 2. The number of nitrogens with zero attached hydrogens (tertiary/aromatic N) is 2. The van der Waals surface area contributed by atoms with Gasteiger partial charge in [0.2, 0.25) is 0 Å². The largest absolute Gasteiger partial charge is 0.482 e. The van der Waals surface area contributed by atoms with Crippen molar-refractivity contribution in [2.75, 3.05) is 0 Å². The maximum absolute atomic E-state index is 6.06. The molecule has 0 radical (unpaired) electrons. The lowest BCUT2D eigenvalue weighted by molar-refractivity contribution is 0.224. The second kappa shape index (κ2) is 4.60. The lowest BCUT2D eigenvalue weighted by Gasteiger charge is -2.10. The zero-order chi connectivity index (χ0) is 14.4. The highest BCUT2D eigenvalue weighted by Crippen LogP contribution is 2.36. The van der Waals surface area contributed by atoms with E-state index < -0.39 is 0 Å². The summed E-state index contributed by atoms with van der Waals surface area (Å²) in [4.78, 5) is 4.81. The molecule has 1 aliphatic rings. The lowest BCUT2D eigenvalue weighted by atomic mass is 10.1. The van der Waals surface area contributed by atoms with Crippen LogP contribution < -0.4 is 10.5 Å². The molecule has 4 heteroatoms. The summed E-state index contributed by atoms with van der Waals surface area (Å²) in [6.07, 6.45) is 0.844. The standard InChI is InChI=1S/C17H17N3O/c1-20-13-7-4-6-12(10-18)16(13)19-17(20)15-9-11-5-2-3-8-14(11)21-15/h2-8,15H,9-10,18H2,1H3. The molecular formula is C17H17N3O. The van der Waals surface area contributed by atoms with Gasteiger partial charge in [-0.2, -0.15) is 0 Å². The fourth-order valence-corrected chi connectivity index (χ4v) is 3.07. The predicted octanol–water partition coefficient (Wildman–Crippen LogP) is 2.71. The molecule has 2 aromatic carbocycles. The molecule has 1 unspecified atom stereocenters.